The zero-order chi connectivity index (χ0) is 34.3. The van der Waals surface area contributed by atoms with E-state index in [9.17, 15) is 19.2 Å². The number of carbonyl (C=O) groups is 4. The summed E-state index contributed by atoms with van der Waals surface area (Å²) in [6.07, 6.45) is 1.34. The first-order valence-electron chi connectivity index (χ1n) is 16.5. The summed E-state index contributed by atoms with van der Waals surface area (Å²) in [5.41, 5.74) is 2.60. The molecule has 1 saturated heterocycles. The molecule has 254 valence electrons. The first kappa shape index (κ1) is 34.3. The number of carbonyl (C=O) groups excluding carboxylic acids is 4. The highest BCUT2D eigenvalue weighted by Crippen LogP contribution is 2.33. The lowest BCUT2D eigenvalue weighted by molar-refractivity contribution is -0.155. The Kier molecular flexibility index (Phi) is 10.9. The van der Waals surface area contributed by atoms with Gasteiger partial charge in [0.25, 0.3) is 5.91 Å². The van der Waals surface area contributed by atoms with E-state index in [1.165, 1.54) is 11.1 Å². The highest BCUT2D eigenvalue weighted by molar-refractivity contribution is 5.97. The molecule has 0 spiro atoms. The fourth-order valence-electron chi connectivity index (χ4n) is 5.93. The maximum absolute atomic E-state index is 13.9. The quantitative estimate of drug-likeness (QED) is 0.295. The number of hydrogen-bond donors (Lipinski definition) is 2. The number of hydrogen-bond acceptors (Lipinski definition) is 9. The molecule has 1 aromatic heterocycles. The van der Waals surface area contributed by atoms with Crippen LogP contribution in [0.3, 0.4) is 0 Å². The minimum absolute atomic E-state index is 0.0204. The number of nitrogens with one attached hydrogen (secondary N) is 2. The van der Waals surface area contributed by atoms with Crippen molar-refractivity contribution in [2.24, 2.45) is 0 Å². The van der Waals surface area contributed by atoms with Gasteiger partial charge in [-0.05, 0) is 58.1 Å². The number of anilines is 1. The molecule has 5 rings (SSSR count). The molecule has 3 aromatic rings. The van der Waals surface area contributed by atoms with Gasteiger partial charge in [-0.15, -0.1) is 0 Å². The standard InChI is InChI=1S/C36H44N6O6/c1-5-47-35(46)42-21-19-41(20-22-42)34(45)28(17-18-31(43)48-36(2,3)4)39-33(44)29-23-30(40-32(38-29)25-12-7-6-8-13-25)37-27-16-15-24-11-9-10-14-26(24)27/h6-14,23,27-28H,5,15-22H2,1-4H3,(H,39,44)(H,37,38,40). The lowest BCUT2D eigenvalue weighted by atomic mass is 10.1. The maximum atomic E-state index is 13.9. The lowest BCUT2D eigenvalue weighted by Gasteiger charge is -2.36. The lowest BCUT2D eigenvalue weighted by Crippen LogP contribution is -2.56. The van der Waals surface area contributed by atoms with E-state index in [2.05, 4.69) is 27.8 Å². The highest BCUT2D eigenvalue weighted by atomic mass is 16.6. The van der Waals surface area contributed by atoms with Crippen LogP contribution in [0.5, 0.6) is 0 Å². The van der Waals surface area contributed by atoms with Crippen LogP contribution in [0.2, 0.25) is 0 Å². The molecule has 0 radical (unpaired) electrons. The first-order chi connectivity index (χ1) is 23.0. The second-order valence-corrected chi connectivity index (χ2v) is 12.9. The van der Waals surface area contributed by atoms with Crippen molar-refractivity contribution in [1.82, 2.24) is 25.1 Å². The minimum Gasteiger partial charge on any atom is -0.460 e. The third-order valence-electron chi connectivity index (χ3n) is 8.22. The fourth-order valence-corrected chi connectivity index (χ4v) is 5.93. The van der Waals surface area contributed by atoms with Gasteiger partial charge in [-0.1, -0.05) is 54.6 Å². The predicted molar refractivity (Wildman–Crippen MR) is 180 cm³/mol. The Labute approximate surface area is 281 Å². The van der Waals surface area contributed by atoms with Crippen LogP contribution < -0.4 is 10.6 Å². The molecule has 0 saturated carbocycles. The summed E-state index contributed by atoms with van der Waals surface area (Å²) >= 11 is 0. The number of piperazine rings is 1. The molecule has 1 aliphatic carbocycles. The summed E-state index contributed by atoms with van der Waals surface area (Å²) in [5, 5.41) is 6.36. The first-order valence-corrected chi connectivity index (χ1v) is 16.5. The Bertz CT molecular complexity index is 1620. The van der Waals surface area contributed by atoms with E-state index in [-0.39, 0.29) is 50.2 Å². The SMILES string of the molecule is CCOC(=O)N1CCN(C(=O)C(CCC(=O)OC(C)(C)C)NC(=O)c2cc(NC3CCc4ccccc43)nc(-c3ccccc3)n2)CC1. The van der Waals surface area contributed by atoms with Gasteiger partial charge < -0.3 is 29.9 Å². The summed E-state index contributed by atoms with van der Waals surface area (Å²) in [4.78, 5) is 65.1. The monoisotopic (exact) mass is 656 g/mol. The average molecular weight is 657 g/mol. The molecule has 48 heavy (non-hydrogen) atoms. The number of esters is 1. The molecule has 12 heteroatoms. The van der Waals surface area contributed by atoms with Crippen LogP contribution in [-0.4, -0.2) is 88.1 Å². The van der Waals surface area contributed by atoms with E-state index < -0.39 is 29.6 Å². The van der Waals surface area contributed by atoms with Crippen molar-refractivity contribution < 1.29 is 28.7 Å². The number of amides is 3. The number of ether oxygens (including phenoxy) is 2. The molecule has 1 aliphatic heterocycles. The van der Waals surface area contributed by atoms with Crippen LogP contribution in [0, 0.1) is 0 Å². The van der Waals surface area contributed by atoms with Gasteiger partial charge in [0.1, 0.15) is 23.2 Å². The van der Waals surface area contributed by atoms with Gasteiger partial charge in [0.15, 0.2) is 5.82 Å². The summed E-state index contributed by atoms with van der Waals surface area (Å²) in [6, 6.07) is 18.2. The third-order valence-corrected chi connectivity index (χ3v) is 8.22. The summed E-state index contributed by atoms with van der Waals surface area (Å²) < 4.78 is 10.6. The van der Waals surface area contributed by atoms with E-state index in [1.807, 2.05) is 42.5 Å². The predicted octanol–water partition coefficient (Wildman–Crippen LogP) is 4.76. The van der Waals surface area contributed by atoms with Gasteiger partial charge in [-0.3, -0.25) is 14.4 Å². The van der Waals surface area contributed by atoms with Crippen LogP contribution >= 0.6 is 0 Å². The zero-order valence-electron chi connectivity index (χ0n) is 28.0. The maximum Gasteiger partial charge on any atom is 0.409 e. The third kappa shape index (κ3) is 8.87. The van der Waals surface area contributed by atoms with Gasteiger partial charge in [-0.2, -0.15) is 0 Å². The molecule has 0 bridgehead atoms. The Morgan fingerprint density at radius 2 is 1.62 bits per heavy atom. The molecule has 3 amide bonds. The molecule has 1 fully saturated rings. The van der Waals surface area contributed by atoms with Crippen molar-refractivity contribution >= 4 is 29.7 Å². The van der Waals surface area contributed by atoms with Crippen molar-refractivity contribution in [3.63, 3.8) is 0 Å². The van der Waals surface area contributed by atoms with E-state index in [0.717, 1.165) is 18.4 Å². The van der Waals surface area contributed by atoms with Gasteiger partial charge >= 0.3 is 12.1 Å². The second kappa shape index (κ2) is 15.3. The molecule has 2 unspecified atom stereocenters. The normalized spacial score (nSPS) is 16.5. The van der Waals surface area contributed by atoms with Crippen molar-refractivity contribution in [3.8, 4) is 11.4 Å². The number of aryl methyl sites for hydroxylation is 1. The number of aromatic nitrogens is 2. The largest absolute Gasteiger partial charge is 0.460 e. The van der Waals surface area contributed by atoms with Gasteiger partial charge in [0.05, 0.1) is 12.6 Å². The van der Waals surface area contributed by atoms with Gasteiger partial charge in [0.2, 0.25) is 5.91 Å². The smallest absolute Gasteiger partial charge is 0.409 e. The topological polar surface area (TPSA) is 143 Å². The molecule has 2 aromatic carbocycles. The summed E-state index contributed by atoms with van der Waals surface area (Å²) in [5.74, 6) is -0.546. The van der Waals surface area contributed by atoms with E-state index in [4.69, 9.17) is 14.5 Å². The highest BCUT2D eigenvalue weighted by Gasteiger charge is 2.32. The summed E-state index contributed by atoms with van der Waals surface area (Å²) in [6.45, 7) is 8.43. The molecule has 12 nitrogen and oxygen atoms in total. The van der Waals surface area contributed by atoms with Crippen LogP contribution in [-0.2, 0) is 25.5 Å². The van der Waals surface area contributed by atoms with Crippen molar-refractivity contribution in [2.75, 3.05) is 38.1 Å². The van der Waals surface area contributed by atoms with E-state index >= 15 is 0 Å². The number of rotatable bonds is 10. The zero-order valence-corrected chi connectivity index (χ0v) is 28.0. The van der Waals surface area contributed by atoms with Crippen LogP contribution in [0.15, 0.2) is 60.7 Å². The number of benzene rings is 2. The van der Waals surface area contributed by atoms with Gasteiger partial charge in [-0.25, -0.2) is 14.8 Å². The Morgan fingerprint density at radius 1 is 0.938 bits per heavy atom. The molecule has 2 atom stereocenters. The molecule has 2 N–H and O–H groups in total. The van der Waals surface area contributed by atoms with Crippen molar-refractivity contribution in [2.45, 2.75) is 71.1 Å². The van der Waals surface area contributed by atoms with E-state index in [1.54, 1.807) is 43.6 Å². The van der Waals surface area contributed by atoms with Crippen LogP contribution in [0.4, 0.5) is 10.6 Å². The van der Waals surface area contributed by atoms with Crippen LogP contribution in [0.1, 0.15) is 74.6 Å². The van der Waals surface area contributed by atoms with Crippen molar-refractivity contribution in [1.29, 1.82) is 0 Å². The Balaban J connectivity index is 1.38. The molecular formula is C36H44N6O6. The van der Waals surface area contributed by atoms with Crippen LogP contribution in [0.25, 0.3) is 11.4 Å². The summed E-state index contributed by atoms with van der Waals surface area (Å²) in [7, 11) is 0. The Morgan fingerprint density at radius 3 is 2.33 bits per heavy atom. The molecule has 2 heterocycles. The molecular weight excluding hydrogens is 612 g/mol. The average Bonchev–Trinajstić information content (AvgIpc) is 3.48. The minimum atomic E-state index is -1.03. The van der Waals surface area contributed by atoms with Crippen molar-refractivity contribution in [3.05, 3.63) is 77.5 Å². The fraction of sp³-hybridized carbons (Fsp3) is 0.444. The number of nitrogens with zero attached hydrogens (tertiary/aromatic N) is 4. The van der Waals surface area contributed by atoms with E-state index in [0.29, 0.717) is 24.7 Å². The number of fused-ring (bicyclic) bond motifs is 1. The van der Waals surface area contributed by atoms with Gasteiger partial charge in [0, 0.05) is 44.2 Å². The Hall–Kier alpha value is -5.00. The second-order valence-electron chi connectivity index (χ2n) is 12.9. The molecule has 2 aliphatic rings.